The molecule has 0 spiro atoms. The van der Waals surface area contributed by atoms with Crippen molar-refractivity contribution in [1.29, 1.82) is 0 Å². The molecule has 0 aliphatic heterocycles. The minimum absolute atomic E-state index is 0.381. The zero-order chi connectivity index (χ0) is 13.5. The topological polar surface area (TPSA) is 39.6 Å². The molecule has 0 aliphatic rings. The van der Waals surface area contributed by atoms with Crippen molar-refractivity contribution >= 4 is 0 Å². The van der Waals surface area contributed by atoms with Crippen molar-refractivity contribution in [2.75, 3.05) is 40.8 Å². The van der Waals surface area contributed by atoms with Gasteiger partial charge in [-0.1, -0.05) is 0 Å². The van der Waals surface area contributed by atoms with E-state index in [2.05, 4.69) is 14.8 Å². The highest BCUT2D eigenvalue weighted by molar-refractivity contribution is 5.07. The van der Waals surface area contributed by atoms with Gasteiger partial charge in [0, 0.05) is 19.6 Å². The van der Waals surface area contributed by atoms with Crippen molar-refractivity contribution in [2.45, 2.75) is 12.5 Å². The molecule has 1 rings (SSSR count). The summed E-state index contributed by atoms with van der Waals surface area (Å²) in [4.78, 5) is 8.16. The van der Waals surface area contributed by atoms with Crippen molar-refractivity contribution in [2.24, 2.45) is 0 Å². The summed E-state index contributed by atoms with van der Waals surface area (Å²) >= 11 is 0. The molecule has 102 valence electrons. The van der Waals surface area contributed by atoms with E-state index in [0.717, 1.165) is 25.8 Å². The van der Waals surface area contributed by atoms with Crippen LogP contribution in [0.25, 0.3) is 0 Å². The second kappa shape index (κ2) is 7.41. The Bertz CT molecular complexity index is 343. The van der Waals surface area contributed by atoms with Crippen molar-refractivity contribution in [3.63, 3.8) is 0 Å². The first-order valence-electron chi connectivity index (χ1n) is 6.12. The van der Waals surface area contributed by atoms with Gasteiger partial charge in [0.1, 0.15) is 5.82 Å². The van der Waals surface area contributed by atoms with Gasteiger partial charge in [-0.15, -0.1) is 0 Å². The summed E-state index contributed by atoms with van der Waals surface area (Å²) in [7, 11) is 6.09. The van der Waals surface area contributed by atoms with Crippen molar-refractivity contribution in [1.82, 2.24) is 14.8 Å². The lowest BCUT2D eigenvalue weighted by Crippen LogP contribution is -2.30. The molecule has 1 N–H and O–H groups in total. The van der Waals surface area contributed by atoms with Crippen LogP contribution in [0.5, 0.6) is 0 Å². The number of hydrogen-bond donors (Lipinski definition) is 1. The van der Waals surface area contributed by atoms with Gasteiger partial charge < -0.3 is 14.9 Å². The van der Waals surface area contributed by atoms with Gasteiger partial charge in [-0.05, 0) is 39.7 Å². The smallest absolute Gasteiger partial charge is 0.141 e. The molecule has 1 heterocycles. The maximum atomic E-state index is 12.7. The molecule has 0 radical (unpaired) electrons. The Morgan fingerprint density at radius 3 is 2.50 bits per heavy atom. The van der Waals surface area contributed by atoms with E-state index in [1.54, 1.807) is 0 Å². The van der Waals surface area contributed by atoms with E-state index in [9.17, 15) is 9.50 Å². The van der Waals surface area contributed by atoms with Gasteiger partial charge in [0.05, 0.1) is 18.0 Å². The number of nitrogens with zero attached hydrogens (tertiary/aromatic N) is 3. The Morgan fingerprint density at radius 2 is 1.94 bits per heavy atom. The van der Waals surface area contributed by atoms with Gasteiger partial charge in [-0.25, -0.2) is 4.39 Å². The van der Waals surface area contributed by atoms with Crippen molar-refractivity contribution < 1.29 is 9.50 Å². The fraction of sp³-hybridized carbons (Fsp3) is 0.615. The zero-order valence-electron chi connectivity index (χ0n) is 11.3. The third kappa shape index (κ3) is 5.53. The minimum atomic E-state index is -0.632. The molecule has 0 bridgehead atoms. The monoisotopic (exact) mass is 255 g/mol. The van der Waals surface area contributed by atoms with Gasteiger partial charge in [0.25, 0.3) is 0 Å². The van der Waals surface area contributed by atoms with Crippen LogP contribution in [-0.4, -0.2) is 60.7 Å². The number of hydrogen-bond acceptors (Lipinski definition) is 4. The molecule has 1 atom stereocenters. The average molecular weight is 255 g/mol. The Hall–Kier alpha value is -1.04. The third-order valence-corrected chi connectivity index (χ3v) is 2.80. The van der Waals surface area contributed by atoms with E-state index in [4.69, 9.17) is 0 Å². The standard InChI is InChI=1S/C13H22FN3O/c1-16(2)8-9-17(3)7-6-13(18)12-5-4-11(14)10-15-12/h4-5,10,13,18H,6-9H2,1-3H3. The summed E-state index contributed by atoms with van der Waals surface area (Å²) in [5.74, 6) is -0.381. The molecule has 5 heteroatoms. The number of pyridine rings is 1. The molecule has 4 nitrogen and oxygen atoms in total. The normalized spacial score (nSPS) is 13.3. The van der Waals surface area contributed by atoms with Crippen LogP contribution in [0.3, 0.4) is 0 Å². The van der Waals surface area contributed by atoms with E-state index in [0.29, 0.717) is 12.1 Å². The number of rotatable bonds is 7. The second-order valence-electron chi connectivity index (χ2n) is 4.81. The maximum absolute atomic E-state index is 12.7. The molecule has 1 unspecified atom stereocenters. The number of aliphatic hydroxyl groups is 1. The minimum Gasteiger partial charge on any atom is -0.387 e. The van der Waals surface area contributed by atoms with Crippen molar-refractivity contribution in [3.8, 4) is 0 Å². The lowest BCUT2D eigenvalue weighted by Gasteiger charge is -2.20. The average Bonchev–Trinajstić information content (AvgIpc) is 2.34. The highest BCUT2D eigenvalue weighted by Gasteiger charge is 2.10. The van der Waals surface area contributed by atoms with E-state index >= 15 is 0 Å². The lowest BCUT2D eigenvalue weighted by atomic mass is 10.1. The predicted molar refractivity (Wildman–Crippen MR) is 69.8 cm³/mol. The van der Waals surface area contributed by atoms with Gasteiger partial charge in [0.15, 0.2) is 0 Å². The van der Waals surface area contributed by atoms with Crippen LogP contribution >= 0.6 is 0 Å². The Balaban J connectivity index is 2.32. The maximum Gasteiger partial charge on any atom is 0.141 e. The third-order valence-electron chi connectivity index (χ3n) is 2.80. The quantitative estimate of drug-likeness (QED) is 0.793. The molecular weight excluding hydrogens is 233 g/mol. The van der Waals surface area contributed by atoms with Crippen LogP contribution < -0.4 is 0 Å². The summed E-state index contributed by atoms with van der Waals surface area (Å²) < 4.78 is 12.7. The highest BCUT2D eigenvalue weighted by atomic mass is 19.1. The summed E-state index contributed by atoms with van der Waals surface area (Å²) in [6.45, 7) is 2.73. The van der Waals surface area contributed by atoms with Crippen LogP contribution in [-0.2, 0) is 0 Å². The number of aliphatic hydroxyl groups excluding tert-OH is 1. The van der Waals surface area contributed by atoms with Crippen LogP contribution in [0.1, 0.15) is 18.2 Å². The van der Waals surface area contributed by atoms with Gasteiger partial charge >= 0.3 is 0 Å². The Morgan fingerprint density at radius 1 is 1.22 bits per heavy atom. The van der Waals surface area contributed by atoms with E-state index < -0.39 is 6.10 Å². The largest absolute Gasteiger partial charge is 0.387 e. The Kier molecular flexibility index (Phi) is 6.18. The first-order chi connectivity index (χ1) is 8.49. The highest BCUT2D eigenvalue weighted by Crippen LogP contribution is 2.14. The SMILES string of the molecule is CN(C)CCN(C)CCC(O)c1ccc(F)cn1. The summed E-state index contributed by atoms with van der Waals surface area (Å²) in [6, 6.07) is 2.85. The van der Waals surface area contributed by atoms with Crippen LogP contribution in [0.2, 0.25) is 0 Å². The first kappa shape index (κ1) is 15.0. The van der Waals surface area contributed by atoms with Crippen molar-refractivity contribution in [3.05, 3.63) is 29.8 Å². The van der Waals surface area contributed by atoms with Gasteiger partial charge in [0.2, 0.25) is 0 Å². The first-order valence-corrected chi connectivity index (χ1v) is 6.12. The van der Waals surface area contributed by atoms with E-state index in [-0.39, 0.29) is 5.82 Å². The molecule has 0 saturated carbocycles. The van der Waals surface area contributed by atoms with Gasteiger partial charge in [-0.2, -0.15) is 0 Å². The summed E-state index contributed by atoms with van der Waals surface area (Å²) in [5.41, 5.74) is 0.525. The second-order valence-corrected chi connectivity index (χ2v) is 4.81. The number of aromatic nitrogens is 1. The molecule has 0 amide bonds. The molecular formula is C13H22FN3O. The summed E-state index contributed by atoms with van der Waals surface area (Å²) in [6.07, 6.45) is 1.10. The number of likely N-dealkylation sites (N-methyl/N-ethyl adjacent to an activating group) is 2. The molecule has 0 aromatic carbocycles. The fourth-order valence-corrected chi connectivity index (χ4v) is 1.56. The Labute approximate surface area is 108 Å². The molecule has 1 aromatic heterocycles. The van der Waals surface area contributed by atoms with Gasteiger partial charge in [-0.3, -0.25) is 4.98 Å². The fourth-order valence-electron chi connectivity index (χ4n) is 1.56. The lowest BCUT2D eigenvalue weighted by molar-refractivity contribution is 0.143. The number of halogens is 1. The van der Waals surface area contributed by atoms with E-state index in [1.165, 1.54) is 12.1 Å². The van der Waals surface area contributed by atoms with Crippen LogP contribution in [0.4, 0.5) is 4.39 Å². The summed E-state index contributed by atoms with van der Waals surface area (Å²) in [5, 5.41) is 9.92. The van der Waals surface area contributed by atoms with E-state index in [1.807, 2.05) is 21.1 Å². The predicted octanol–water partition coefficient (Wildman–Crippen LogP) is 1.14. The van der Waals surface area contributed by atoms with Crippen LogP contribution in [0.15, 0.2) is 18.3 Å². The zero-order valence-corrected chi connectivity index (χ0v) is 11.3. The molecule has 0 fully saturated rings. The molecule has 0 aliphatic carbocycles. The molecule has 1 aromatic rings. The molecule has 0 saturated heterocycles. The van der Waals surface area contributed by atoms with Crippen LogP contribution in [0, 0.1) is 5.82 Å². The molecule has 18 heavy (non-hydrogen) atoms.